The van der Waals surface area contributed by atoms with E-state index in [-0.39, 0.29) is 23.5 Å². The van der Waals surface area contributed by atoms with E-state index < -0.39 is 16.8 Å². The van der Waals surface area contributed by atoms with E-state index in [0.29, 0.717) is 35.2 Å². The number of esters is 1. The Morgan fingerprint density at radius 3 is 2.58 bits per heavy atom. The van der Waals surface area contributed by atoms with E-state index in [4.69, 9.17) is 4.74 Å². The van der Waals surface area contributed by atoms with Crippen LogP contribution in [0.2, 0.25) is 0 Å². The molecule has 2 aromatic carbocycles. The van der Waals surface area contributed by atoms with E-state index in [1.807, 2.05) is 44.2 Å². The van der Waals surface area contributed by atoms with Crippen LogP contribution < -0.4 is 5.32 Å². The van der Waals surface area contributed by atoms with Crippen molar-refractivity contribution >= 4 is 17.4 Å². The molecule has 4 rings (SSSR count). The third-order valence-corrected chi connectivity index (χ3v) is 6.09. The molecule has 33 heavy (non-hydrogen) atoms. The Morgan fingerprint density at radius 2 is 1.88 bits per heavy atom. The number of ether oxygens (including phenoxy) is 1. The van der Waals surface area contributed by atoms with Crippen molar-refractivity contribution in [3.63, 3.8) is 0 Å². The minimum Gasteiger partial charge on any atom is -0.457 e. The molecule has 1 N–H and O–H groups in total. The molecule has 7 heteroatoms. The maximum Gasteiger partial charge on any atom is 0.337 e. The second kappa shape index (κ2) is 8.65. The molecule has 0 saturated carbocycles. The fourth-order valence-electron chi connectivity index (χ4n) is 4.66. The highest BCUT2D eigenvalue weighted by molar-refractivity contribution is 6.04. The molecular weight excluding hydrogens is 420 g/mol. The van der Waals surface area contributed by atoms with Gasteiger partial charge in [0, 0.05) is 41.4 Å². The van der Waals surface area contributed by atoms with Crippen molar-refractivity contribution in [3.05, 3.63) is 98.4 Å². The van der Waals surface area contributed by atoms with Crippen LogP contribution in [0.15, 0.2) is 77.1 Å². The van der Waals surface area contributed by atoms with Gasteiger partial charge < -0.3 is 10.1 Å². The zero-order valence-electron chi connectivity index (χ0n) is 18.9. The van der Waals surface area contributed by atoms with Crippen LogP contribution in [0.4, 0.5) is 5.69 Å². The van der Waals surface area contributed by atoms with Crippen molar-refractivity contribution in [1.82, 2.24) is 5.32 Å². The van der Waals surface area contributed by atoms with Gasteiger partial charge in [-0.25, -0.2) is 4.79 Å². The van der Waals surface area contributed by atoms with E-state index in [0.717, 1.165) is 11.3 Å². The average molecular weight is 447 g/mol. The van der Waals surface area contributed by atoms with Crippen LogP contribution in [0, 0.1) is 15.5 Å². The first kappa shape index (κ1) is 22.5. The number of hydrogen-bond acceptors (Lipinski definition) is 6. The van der Waals surface area contributed by atoms with Gasteiger partial charge in [0.05, 0.1) is 10.5 Å². The van der Waals surface area contributed by atoms with E-state index >= 15 is 0 Å². The summed E-state index contributed by atoms with van der Waals surface area (Å²) >= 11 is 0. The average Bonchev–Trinajstić information content (AvgIpc) is 2.76. The molecule has 1 aliphatic carbocycles. The van der Waals surface area contributed by atoms with Crippen molar-refractivity contribution in [3.8, 4) is 0 Å². The molecule has 7 nitrogen and oxygen atoms in total. The molecule has 0 spiro atoms. The number of benzene rings is 2. The quantitative estimate of drug-likeness (QED) is 0.397. The maximum absolute atomic E-state index is 13.3. The highest BCUT2D eigenvalue weighted by Crippen LogP contribution is 2.47. The molecule has 0 bridgehead atoms. The van der Waals surface area contributed by atoms with Gasteiger partial charge in [0.1, 0.15) is 6.61 Å². The molecule has 0 aromatic heterocycles. The maximum atomic E-state index is 13.3. The number of nitrogens with zero attached hydrogens (tertiary/aromatic N) is 1. The Balaban J connectivity index is 1.77. The van der Waals surface area contributed by atoms with Gasteiger partial charge in [-0.3, -0.25) is 14.9 Å². The minimum atomic E-state index is -0.729. The lowest BCUT2D eigenvalue weighted by Gasteiger charge is -2.39. The predicted octanol–water partition coefficient (Wildman–Crippen LogP) is 4.94. The first-order valence-corrected chi connectivity index (χ1v) is 10.9. The van der Waals surface area contributed by atoms with Crippen LogP contribution >= 0.6 is 0 Å². The van der Waals surface area contributed by atoms with Gasteiger partial charge in [-0.05, 0) is 29.9 Å². The molecule has 2 aliphatic rings. The fourth-order valence-corrected chi connectivity index (χ4v) is 4.66. The third kappa shape index (κ3) is 4.58. The van der Waals surface area contributed by atoms with Crippen LogP contribution in [0.3, 0.4) is 0 Å². The Kier molecular flexibility index (Phi) is 5.89. The normalized spacial score (nSPS) is 19.6. The molecule has 1 atom stereocenters. The Bertz CT molecular complexity index is 1190. The zero-order valence-corrected chi connectivity index (χ0v) is 18.9. The van der Waals surface area contributed by atoms with Crippen molar-refractivity contribution in [1.29, 1.82) is 0 Å². The largest absolute Gasteiger partial charge is 0.457 e. The summed E-state index contributed by atoms with van der Waals surface area (Å²) in [7, 11) is 0. The summed E-state index contributed by atoms with van der Waals surface area (Å²) in [5.74, 6) is -1.34. The summed E-state index contributed by atoms with van der Waals surface area (Å²) < 4.78 is 5.62. The molecule has 0 radical (unpaired) electrons. The number of non-ortho nitro benzene ring substituents is 1. The van der Waals surface area contributed by atoms with E-state index in [2.05, 4.69) is 5.32 Å². The number of dihydropyridines is 1. The van der Waals surface area contributed by atoms with Gasteiger partial charge >= 0.3 is 5.97 Å². The Morgan fingerprint density at radius 1 is 1.15 bits per heavy atom. The number of rotatable bonds is 5. The smallest absolute Gasteiger partial charge is 0.337 e. The fraction of sp³-hybridized carbons (Fsp3) is 0.308. The number of carbonyl (C=O) groups is 2. The Labute approximate surface area is 192 Å². The molecule has 0 amide bonds. The standard InChI is InChI=1S/C26H26N2O5/c1-16-22(25(30)33-15-17-8-5-4-6-9-17)23(18-10-7-11-19(12-18)28(31)32)24-20(27-16)13-26(2,3)14-21(24)29/h4-12,23,27H,13-15H2,1-3H3. The summed E-state index contributed by atoms with van der Waals surface area (Å²) in [5.41, 5.74) is 3.21. The first-order valence-electron chi connectivity index (χ1n) is 10.9. The summed E-state index contributed by atoms with van der Waals surface area (Å²) in [6.45, 7) is 5.92. The highest BCUT2D eigenvalue weighted by Gasteiger charge is 2.43. The number of hydrogen-bond donors (Lipinski definition) is 1. The number of nitro groups is 1. The number of nitro benzene ring substituents is 1. The zero-order chi connectivity index (χ0) is 23.8. The Hall–Kier alpha value is -3.74. The summed E-state index contributed by atoms with van der Waals surface area (Å²) in [6, 6.07) is 15.5. The van der Waals surface area contributed by atoms with Crippen LogP contribution in [0.25, 0.3) is 0 Å². The van der Waals surface area contributed by atoms with Crippen LogP contribution in [-0.2, 0) is 20.9 Å². The highest BCUT2D eigenvalue weighted by atomic mass is 16.6. The number of carbonyl (C=O) groups excluding carboxylic acids is 2. The second-order valence-electron chi connectivity index (χ2n) is 9.34. The van der Waals surface area contributed by atoms with E-state index in [9.17, 15) is 19.7 Å². The predicted molar refractivity (Wildman–Crippen MR) is 123 cm³/mol. The van der Waals surface area contributed by atoms with Crippen molar-refractivity contribution in [2.75, 3.05) is 0 Å². The van der Waals surface area contributed by atoms with E-state index in [1.165, 1.54) is 12.1 Å². The van der Waals surface area contributed by atoms with Crippen molar-refractivity contribution in [2.24, 2.45) is 5.41 Å². The molecule has 1 aliphatic heterocycles. The van der Waals surface area contributed by atoms with Crippen molar-refractivity contribution < 1.29 is 19.2 Å². The first-order chi connectivity index (χ1) is 15.7. The van der Waals surface area contributed by atoms with Gasteiger partial charge in [0.25, 0.3) is 5.69 Å². The monoisotopic (exact) mass is 446 g/mol. The summed E-state index contributed by atoms with van der Waals surface area (Å²) in [4.78, 5) is 37.5. The molecule has 2 aromatic rings. The minimum absolute atomic E-state index is 0.0638. The molecule has 170 valence electrons. The number of Topliss-reactive ketones (excluding diaryl/α,β-unsaturated/α-hetero) is 1. The van der Waals surface area contributed by atoms with Gasteiger partial charge in [-0.1, -0.05) is 56.3 Å². The molecule has 1 heterocycles. The summed E-state index contributed by atoms with van der Waals surface area (Å²) in [5, 5.41) is 14.7. The second-order valence-corrected chi connectivity index (χ2v) is 9.34. The lowest BCUT2D eigenvalue weighted by molar-refractivity contribution is -0.384. The van der Waals surface area contributed by atoms with Crippen LogP contribution in [-0.4, -0.2) is 16.7 Å². The molecule has 0 saturated heterocycles. The van der Waals surface area contributed by atoms with Crippen LogP contribution in [0.5, 0.6) is 0 Å². The lowest BCUT2D eigenvalue weighted by Crippen LogP contribution is -2.38. The van der Waals surface area contributed by atoms with E-state index in [1.54, 1.807) is 19.1 Å². The number of ketones is 1. The summed E-state index contributed by atoms with van der Waals surface area (Å²) in [6.07, 6.45) is 0.980. The molecule has 0 fully saturated rings. The van der Waals surface area contributed by atoms with Crippen LogP contribution in [0.1, 0.15) is 50.7 Å². The topological polar surface area (TPSA) is 98.5 Å². The van der Waals surface area contributed by atoms with Gasteiger partial charge in [-0.2, -0.15) is 0 Å². The third-order valence-electron chi connectivity index (χ3n) is 6.09. The molecule has 1 unspecified atom stereocenters. The van der Waals surface area contributed by atoms with Gasteiger partial charge in [0.15, 0.2) is 5.78 Å². The van der Waals surface area contributed by atoms with Gasteiger partial charge in [0.2, 0.25) is 0 Å². The number of allylic oxidation sites excluding steroid dienone is 3. The number of nitrogens with one attached hydrogen (secondary N) is 1. The van der Waals surface area contributed by atoms with Gasteiger partial charge in [-0.15, -0.1) is 0 Å². The van der Waals surface area contributed by atoms with Crippen molar-refractivity contribution in [2.45, 2.75) is 46.1 Å². The SMILES string of the molecule is CC1=C(C(=O)OCc2ccccc2)C(c2cccc([N+](=O)[O-])c2)C2=C(CC(C)(C)CC2=O)N1. The molecular formula is C26H26N2O5. The lowest BCUT2D eigenvalue weighted by atomic mass is 9.68.